The first kappa shape index (κ1) is 10.8. The summed E-state index contributed by atoms with van der Waals surface area (Å²) in [5.41, 5.74) is 0. The Morgan fingerprint density at radius 2 is 1.77 bits per heavy atom. The molecule has 1 heterocycles. The van der Waals surface area contributed by atoms with Gasteiger partial charge in [-0.05, 0) is 0 Å². The molecule has 2 radical (unpaired) electrons. The van der Waals surface area contributed by atoms with Crippen molar-refractivity contribution >= 4 is 0 Å². The predicted molar refractivity (Wildman–Crippen MR) is 39.2 cm³/mol. The Morgan fingerprint density at radius 1 is 1.15 bits per heavy atom. The van der Waals surface area contributed by atoms with Crippen LogP contribution in [0.3, 0.4) is 0 Å². The average Bonchev–Trinajstić information content (AvgIpc) is 2.15. The summed E-state index contributed by atoms with van der Waals surface area (Å²) in [6, 6.07) is 0. The van der Waals surface area contributed by atoms with Crippen LogP contribution in [0.5, 0.6) is 0 Å². The Hall–Kier alpha value is -0.240. The Bertz CT molecular complexity index is 143. The molecule has 1 saturated heterocycles. The first-order valence-corrected chi connectivity index (χ1v) is 3.78. The molecule has 4 N–H and O–H groups in total. The predicted octanol–water partition coefficient (Wildman–Crippen LogP) is -2.53. The second-order valence-electron chi connectivity index (χ2n) is 2.83. The summed E-state index contributed by atoms with van der Waals surface area (Å²) in [5.74, 6) is 0. The van der Waals surface area contributed by atoms with Gasteiger partial charge in [-0.1, -0.05) is 0 Å². The van der Waals surface area contributed by atoms with Crippen LogP contribution >= 0.6 is 0 Å². The molecule has 0 aromatic heterocycles. The van der Waals surface area contributed by atoms with Gasteiger partial charge in [-0.3, -0.25) is 0 Å². The molecule has 1 unspecified atom stereocenters. The van der Waals surface area contributed by atoms with Crippen molar-refractivity contribution in [2.75, 3.05) is 6.61 Å². The molecule has 13 heavy (non-hydrogen) atoms. The maximum atomic E-state index is 9.23. The maximum Gasteiger partial charge on any atom is 0.187 e. The van der Waals surface area contributed by atoms with Crippen LogP contribution in [-0.4, -0.2) is 57.7 Å². The Morgan fingerprint density at radius 3 is 2.23 bits per heavy atom. The van der Waals surface area contributed by atoms with Crippen LogP contribution in [0.15, 0.2) is 0 Å². The van der Waals surface area contributed by atoms with E-state index >= 15 is 0 Å². The fourth-order valence-corrected chi connectivity index (χ4v) is 1.18. The van der Waals surface area contributed by atoms with Gasteiger partial charge in [-0.25, -0.2) is 0 Å². The third-order valence-corrected chi connectivity index (χ3v) is 1.98. The Balaban J connectivity index is 2.66. The SMILES string of the molecule is [CH]OC1O[C@H](CO)[C@@H](O)[C@H](O)[C@@H]1O. The van der Waals surface area contributed by atoms with Crippen LogP contribution in [0, 0.1) is 7.11 Å². The molecule has 0 spiro atoms. The van der Waals surface area contributed by atoms with Gasteiger partial charge in [0.1, 0.15) is 31.5 Å². The maximum absolute atomic E-state index is 9.23. The van der Waals surface area contributed by atoms with Gasteiger partial charge in [0, 0.05) is 0 Å². The van der Waals surface area contributed by atoms with Gasteiger partial charge < -0.3 is 29.9 Å². The summed E-state index contributed by atoms with van der Waals surface area (Å²) in [6.07, 6.45) is -6.48. The highest BCUT2D eigenvalue weighted by Gasteiger charge is 2.43. The fraction of sp³-hybridized carbons (Fsp3) is 0.857. The molecule has 0 aromatic carbocycles. The molecule has 5 atom stereocenters. The Labute approximate surface area is 75.3 Å². The van der Waals surface area contributed by atoms with E-state index < -0.39 is 37.3 Å². The van der Waals surface area contributed by atoms with Crippen molar-refractivity contribution in [1.82, 2.24) is 0 Å². The summed E-state index contributed by atoms with van der Waals surface area (Å²) in [5, 5.41) is 36.4. The minimum absolute atomic E-state index is 0.495. The molecule has 6 heteroatoms. The molecule has 0 bridgehead atoms. The van der Waals surface area contributed by atoms with Gasteiger partial charge in [0.25, 0.3) is 0 Å². The van der Waals surface area contributed by atoms with Crippen LogP contribution in [-0.2, 0) is 9.47 Å². The number of ether oxygens (including phenoxy) is 2. The van der Waals surface area contributed by atoms with E-state index in [1.54, 1.807) is 0 Å². The lowest BCUT2D eigenvalue weighted by Crippen LogP contribution is -2.58. The second-order valence-corrected chi connectivity index (χ2v) is 2.83. The molecule has 1 aliphatic rings. The van der Waals surface area contributed by atoms with E-state index in [2.05, 4.69) is 4.74 Å². The summed E-state index contributed by atoms with van der Waals surface area (Å²) in [6.45, 7) is -0.495. The zero-order chi connectivity index (χ0) is 10.0. The molecule has 0 aromatic rings. The number of aliphatic hydroxyl groups excluding tert-OH is 4. The minimum Gasteiger partial charge on any atom is -0.394 e. The second kappa shape index (κ2) is 4.32. The molecule has 1 fully saturated rings. The van der Waals surface area contributed by atoms with Gasteiger partial charge in [-0.2, -0.15) is 0 Å². The van der Waals surface area contributed by atoms with Crippen molar-refractivity contribution in [2.24, 2.45) is 0 Å². The van der Waals surface area contributed by atoms with E-state index in [1.807, 2.05) is 0 Å². The number of hydrogen-bond donors (Lipinski definition) is 4. The Kier molecular flexibility index (Phi) is 3.60. The van der Waals surface area contributed by atoms with Crippen LogP contribution in [0.1, 0.15) is 0 Å². The molecule has 0 amide bonds. The third kappa shape index (κ3) is 1.98. The standard InChI is InChI=1S/C7H12O6/c1-12-7-6(11)5(10)4(9)3(2-8)13-7/h1,3-11H,2H2/t3-,4-,5+,6+,7?/m1/s1. The smallest absolute Gasteiger partial charge is 0.187 e. The molecule has 6 nitrogen and oxygen atoms in total. The van der Waals surface area contributed by atoms with Crippen LogP contribution in [0.25, 0.3) is 0 Å². The first-order valence-electron chi connectivity index (χ1n) is 3.78. The zero-order valence-electron chi connectivity index (χ0n) is 6.78. The van der Waals surface area contributed by atoms with Crippen molar-refractivity contribution in [3.05, 3.63) is 7.11 Å². The summed E-state index contributed by atoms with van der Waals surface area (Å²) >= 11 is 0. The first-order chi connectivity index (χ1) is 6.11. The van der Waals surface area contributed by atoms with Gasteiger partial charge in [-0.15, -0.1) is 0 Å². The lowest BCUT2D eigenvalue weighted by atomic mass is 9.99. The zero-order valence-corrected chi connectivity index (χ0v) is 6.78. The minimum atomic E-state index is -1.44. The number of aliphatic hydroxyl groups is 4. The molecule has 0 saturated carbocycles. The molecule has 76 valence electrons. The van der Waals surface area contributed by atoms with E-state index in [-0.39, 0.29) is 0 Å². The quantitative estimate of drug-likeness (QED) is 0.385. The highest BCUT2D eigenvalue weighted by Crippen LogP contribution is 2.21. The van der Waals surface area contributed by atoms with E-state index in [0.29, 0.717) is 0 Å². The van der Waals surface area contributed by atoms with Gasteiger partial charge in [0.15, 0.2) is 6.29 Å². The van der Waals surface area contributed by atoms with Crippen molar-refractivity contribution in [2.45, 2.75) is 30.7 Å². The monoisotopic (exact) mass is 192 g/mol. The topological polar surface area (TPSA) is 99.4 Å². The third-order valence-electron chi connectivity index (χ3n) is 1.98. The van der Waals surface area contributed by atoms with E-state index in [4.69, 9.17) is 17.0 Å². The molecular weight excluding hydrogens is 180 g/mol. The van der Waals surface area contributed by atoms with Crippen molar-refractivity contribution in [3.63, 3.8) is 0 Å². The summed E-state index contributed by atoms with van der Waals surface area (Å²) < 4.78 is 9.02. The average molecular weight is 192 g/mol. The number of rotatable bonds is 2. The van der Waals surface area contributed by atoms with Crippen molar-refractivity contribution < 1.29 is 29.9 Å². The molecule has 1 rings (SSSR count). The summed E-state index contributed by atoms with van der Waals surface area (Å²) in [7, 11) is 4.76. The molecule has 1 aliphatic heterocycles. The van der Waals surface area contributed by atoms with Gasteiger partial charge in [0.2, 0.25) is 0 Å². The lowest BCUT2D eigenvalue weighted by molar-refractivity contribution is -0.289. The normalized spacial score (nSPS) is 46.4. The van der Waals surface area contributed by atoms with E-state index in [9.17, 15) is 15.3 Å². The lowest BCUT2D eigenvalue weighted by Gasteiger charge is -2.38. The van der Waals surface area contributed by atoms with Crippen LogP contribution in [0.2, 0.25) is 0 Å². The van der Waals surface area contributed by atoms with Crippen molar-refractivity contribution in [1.29, 1.82) is 0 Å². The van der Waals surface area contributed by atoms with Crippen molar-refractivity contribution in [3.8, 4) is 0 Å². The molecular formula is C7H12O6. The van der Waals surface area contributed by atoms with E-state index in [1.165, 1.54) is 0 Å². The largest absolute Gasteiger partial charge is 0.394 e. The van der Waals surface area contributed by atoms with Gasteiger partial charge >= 0.3 is 0 Å². The summed E-state index contributed by atoms with van der Waals surface area (Å²) in [4.78, 5) is 0. The van der Waals surface area contributed by atoms with Gasteiger partial charge in [0.05, 0.1) is 6.61 Å². The highest BCUT2D eigenvalue weighted by molar-refractivity contribution is 4.88. The van der Waals surface area contributed by atoms with E-state index in [0.717, 1.165) is 0 Å². The molecule has 0 aliphatic carbocycles. The van der Waals surface area contributed by atoms with Crippen LogP contribution in [0.4, 0.5) is 0 Å². The highest BCUT2D eigenvalue weighted by atomic mass is 16.7. The fourth-order valence-electron chi connectivity index (χ4n) is 1.18. The number of hydrogen-bond acceptors (Lipinski definition) is 6. The van der Waals surface area contributed by atoms with Crippen LogP contribution < -0.4 is 0 Å².